The maximum absolute atomic E-state index is 12.3. The highest BCUT2D eigenvalue weighted by Crippen LogP contribution is 2.26. The van der Waals surface area contributed by atoms with Crippen molar-refractivity contribution in [1.29, 1.82) is 0 Å². The Bertz CT molecular complexity index is 889. The normalized spacial score (nSPS) is 10.3. The SMILES string of the molecule is Cc1sc(C(=O)NCc2ccccc2)cc1NC(=O)Cc1ccccc1. The predicted octanol–water partition coefficient (Wildman–Crippen LogP) is 4.17. The van der Waals surface area contributed by atoms with Crippen LogP contribution >= 0.6 is 11.3 Å². The molecule has 132 valence electrons. The molecule has 0 saturated carbocycles. The zero-order chi connectivity index (χ0) is 18.4. The standard InChI is InChI=1S/C21H20N2O2S/c1-15-18(23-20(24)12-16-8-4-2-5-9-16)13-19(26-15)21(25)22-14-17-10-6-3-7-11-17/h2-11,13H,12,14H2,1H3,(H,22,25)(H,23,24). The zero-order valence-electron chi connectivity index (χ0n) is 14.5. The first-order chi connectivity index (χ1) is 12.6. The first-order valence-electron chi connectivity index (χ1n) is 8.38. The second kappa shape index (κ2) is 8.45. The molecular formula is C21H20N2O2S. The van der Waals surface area contributed by atoms with Crippen LogP contribution in [-0.4, -0.2) is 11.8 Å². The van der Waals surface area contributed by atoms with E-state index in [1.54, 1.807) is 6.07 Å². The number of anilines is 1. The number of hydrogen-bond acceptors (Lipinski definition) is 3. The number of carbonyl (C=O) groups is 2. The third-order valence-corrected chi connectivity index (χ3v) is 4.97. The number of carbonyl (C=O) groups excluding carboxylic acids is 2. The van der Waals surface area contributed by atoms with Gasteiger partial charge in [-0.05, 0) is 24.1 Å². The van der Waals surface area contributed by atoms with Gasteiger partial charge >= 0.3 is 0 Å². The van der Waals surface area contributed by atoms with Gasteiger partial charge in [-0.2, -0.15) is 0 Å². The van der Waals surface area contributed by atoms with E-state index in [2.05, 4.69) is 10.6 Å². The summed E-state index contributed by atoms with van der Waals surface area (Å²) in [6.07, 6.45) is 0.311. The van der Waals surface area contributed by atoms with E-state index in [-0.39, 0.29) is 11.8 Å². The van der Waals surface area contributed by atoms with Gasteiger partial charge in [-0.25, -0.2) is 0 Å². The van der Waals surface area contributed by atoms with E-state index in [9.17, 15) is 9.59 Å². The number of thiophene rings is 1. The van der Waals surface area contributed by atoms with Crippen molar-refractivity contribution in [3.63, 3.8) is 0 Å². The number of aryl methyl sites for hydroxylation is 1. The van der Waals surface area contributed by atoms with Crippen LogP contribution in [0, 0.1) is 6.92 Å². The molecule has 4 nitrogen and oxygen atoms in total. The molecule has 0 atom stereocenters. The van der Waals surface area contributed by atoms with Crippen molar-refractivity contribution in [2.75, 3.05) is 5.32 Å². The van der Waals surface area contributed by atoms with Crippen LogP contribution in [0.4, 0.5) is 5.69 Å². The molecule has 0 radical (unpaired) electrons. The highest BCUT2D eigenvalue weighted by Gasteiger charge is 2.14. The summed E-state index contributed by atoms with van der Waals surface area (Å²) in [5.74, 6) is -0.223. The van der Waals surface area contributed by atoms with E-state index in [0.717, 1.165) is 16.0 Å². The molecule has 0 aliphatic carbocycles. The summed E-state index contributed by atoms with van der Waals surface area (Å²) in [5.41, 5.74) is 2.70. The molecule has 0 aliphatic rings. The Morgan fingerprint density at radius 1 is 0.923 bits per heavy atom. The largest absolute Gasteiger partial charge is 0.347 e. The summed E-state index contributed by atoms with van der Waals surface area (Å²) < 4.78 is 0. The first-order valence-corrected chi connectivity index (χ1v) is 9.20. The summed E-state index contributed by atoms with van der Waals surface area (Å²) in [5, 5.41) is 5.81. The monoisotopic (exact) mass is 364 g/mol. The van der Waals surface area contributed by atoms with E-state index in [1.165, 1.54) is 11.3 Å². The number of benzene rings is 2. The molecule has 2 aromatic carbocycles. The highest BCUT2D eigenvalue weighted by molar-refractivity contribution is 7.14. The molecule has 0 spiro atoms. The number of amides is 2. The summed E-state index contributed by atoms with van der Waals surface area (Å²) >= 11 is 1.38. The van der Waals surface area contributed by atoms with Crippen LogP contribution in [0.5, 0.6) is 0 Å². The van der Waals surface area contributed by atoms with Crippen LogP contribution in [0.15, 0.2) is 66.7 Å². The van der Waals surface area contributed by atoms with Gasteiger partial charge in [0.05, 0.1) is 17.0 Å². The van der Waals surface area contributed by atoms with E-state index in [1.807, 2.05) is 67.6 Å². The van der Waals surface area contributed by atoms with Crippen molar-refractivity contribution in [2.45, 2.75) is 19.9 Å². The fourth-order valence-electron chi connectivity index (χ4n) is 2.56. The Morgan fingerprint density at radius 3 is 2.19 bits per heavy atom. The molecule has 26 heavy (non-hydrogen) atoms. The first kappa shape index (κ1) is 17.9. The minimum atomic E-state index is -0.134. The summed E-state index contributed by atoms with van der Waals surface area (Å²) in [7, 11) is 0. The maximum atomic E-state index is 12.3. The third kappa shape index (κ3) is 4.80. The van der Waals surface area contributed by atoms with Crippen molar-refractivity contribution in [3.8, 4) is 0 Å². The average Bonchev–Trinajstić information content (AvgIpc) is 3.02. The summed E-state index contributed by atoms with van der Waals surface area (Å²) in [6.45, 7) is 2.38. The molecule has 0 fully saturated rings. The molecule has 5 heteroatoms. The minimum absolute atomic E-state index is 0.0895. The quantitative estimate of drug-likeness (QED) is 0.690. The lowest BCUT2D eigenvalue weighted by molar-refractivity contribution is -0.115. The van der Waals surface area contributed by atoms with Crippen LogP contribution in [0.25, 0.3) is 0 Å². The van der Waals surface area contributed by atoms with Crippen LogP contribution < -0.4 is 10.6 Å². The fourth-order valence-corrected chi connectivity index (χ4v) is 3.45. The van der Waals surface area contributed by atoms with Crippen molar-refractivity contribution in [3.05, 3.63) is 87.6 Å². The van der Waals surface area contributed by atoms with Gasteiger partial charge in [0.1, 0.15) is 0 Å². The summed E-state index contributed by atoms with van der Waals surface area (Å²) in [4.78, 5) is 26.1. The lowest BCUT2D eigenvalue weighted by Gasteiger charge is -2.04. The van der Waals surface area contributed by atoms with Crippen molar-refractivity contribution in [1.82, 2.24) is 5.32 Å². The van der Waals surface area contributed by atoms with Crippen LogP contribution in [0.2, 0.25) is 0 Å². The van der Waals surface area contributed by atoms with Crippen LogP contribution in [0.1, 0.15) is 25.7 Å². The lowest BCUT2D eigenvalue weighted by Crippen LogP contribution is -2.21. The topological polar surface area (TPSA) is 58.2 Å². The molecule has 3 aromatic rings. The Hall–Kier alpha value is -2.92. The van der Waals surface area contributed by atoms with Crippen LogP contribution in [0.3, 0.4) is 0 Å². The Balaban J connectivity index is 1.59. The molecule has 1 heterocycles. The van der Waals surface area contributed by atoms with Gasteiger partial charge < -0.3 is 10.6 Å². The predicted molar refractivity (Wildman–Crippen MR) is 105 cm³/mol. The van der Waals surface area contributed by atoms with Gasteiger partial charge in [0.25, 0.3) is 5.91 Å². The molecule has 0 unspecified atom stereocenters. The fraction of sp³-hybridized carbons (Fsp3) is 0.143. The third-order valence-electron chi connectivity index (χ3n) is 3.92. The van der Waals surface area contributed by atoms with Gasteiger partial charge in [-0.1, -0.05) is 60.7 Å². The van der Waals surface area contributed by atoms with Gasteiger partial charge in [0, 0.05) is 11.4 Å². The van der Waals surface area contributed by atoms with Crippen molar-refractivity contribution < 1.29 is 9.59 Å². The Kier molecular flexibility index (Phi) is 5.81. The average molecular weight is 364 g/mol. The second-order valence-electron chi connectivity index (χ2n) is 5.96. The molecular weight excluding hydrogens is 344 g/mol. The maximum Gasteiger partial charge on any atom is 0.261 e. The van der Waals surface area contributed by atoms with E-state index < -0.39 is 0 Å². The lowest BCUT2D eigenvalue weighted by atomic mass is 10.1. The molecule has 0 saturated heterocycles. The molecule has 2 N–H and O–H groups in total. The molecule has 1 aromatic heterocycles. The summed E-state index contributed by atoms with van der Waals surface area (Å²) in [6, 6.07) is 21.1. The van der Waals surface area contributed by atoms with Crippen LogP contribution in [-0.2, 0) is 17.8 Å². The van der Waals surface area contributed by atoms with E-state index >= 15 is 0 Å². The smallest absolute Gasteiger partial charge is 0.261 e. The molecule has 0 aliphatic heterocycles. The van der Waals surface area contributed by atoms with Gasteiger partial charge in [0.2, 0.25) is 5.91 Å². The minimum Gasteiger partial charge on any atom is -0.347 e. The Labute approximate surface area is 156 Å². The number of hydrogen-bond donors (Lipinski definition) is 2. The highest BCUT2D eigenvalue weighted by atomic mass is 32.1. The molecule has 0 bridgehead atoms. The second-order valence-corrected chi connectivity index (χ2v) is 7.22. The van der Waals surface area contributed by atoms with E-state index in [0.29, 0.717) is 23.5 Å². The van der Waals surface area contributed by atoms with E-state index in [4.69, 9.17) is 0 Å². The van der Waals surface area contributed by atoms with Gasteiger partial charge in [-0.15, -0.1) is 11.3 Å². The zero-order valence-corrected chi connectivity index (χ0v) is 15.3. The van der Waals surface area contributed by atoms with Crippen molar-refractivity contribution >= 4 is 28.8 Å². The number of nitrogens with one attached hydrogen (secondary N) is 2. The van der Waals surface area contributed by atoms with Gasteiger partial charge in [0.15, 0.2) is 0 Å². The molecule has 2 amide bonds. The van der Waals surface area contributed by atoms with Crippen molar-refractivity contribution in [2.24, 2.45) is 0 Å². The Morgan fingerprint density at radius 2 is 1.54 bits per heavy atom. The number of rotatable bonds is 6. The molecule has 3 rings (SSSR count). The van der Waals surface area contributed by atoms with Gasteiger partial charge in [-0.3, -0.25) is 9.59 Å².